The van der Waals surface area contributed by atoms with Crippen LogP contribution in [-0.4, -0.2) is 16.2 Å². The minimum Gasteiger partial charge on any atom is -0.507 e. The van der Waals surface area contributed by atoms with Crippen LogP contribution in [0.2, 0.25) is 5.02 Å². The van der Waals surface area contributed by atoms with Gasteiger partial charge < -0.3 is 10.2 Å². The molecule has 0 aliphatic rings. The molecule has 0 bridgehead atoms. The molecule has 0 amide bonds. The fraction of sp³-hybridized carbons (Fsp3) is 0.462. The number of carbonyl (C=O) groups is 1. The number of aliphatic carboxylic acids is 1. The molecule has 94 valence electrons. The van der Waals surface area contributed by atoms with Crippen molar-refractivity contribution in [1.82, 2.24) is 0 Å². The number of halogens is 1. The molecule has 4 heteroatoms. The van der Waals surface area contributed by atoms with E-state index in [0.29, 0.717) is 17.0 Å². The Hall–Kier alpha value is -1.22. The smallest absolute Gasteiger partial charge is 0.304 e. The lowest BCUT2D eigenvalue weighted by Gasteiger charge is -2.25. The van der Waals surface area contributed by atoms with Crippen LogP contribution in [0.4, 0.5) is 0 Å². The molecule has 0 unspecified atom stereocenters. The number of aryl methyl sites for hydroxylation is 1. The summed E-state index contributed by atoms with van der Waals surface area (Å²) < 4.78 is 0. The van der Waals surface area contributed by atoms with Crippen molar-refractivity contribution in [3.63, 3.8) is 0 Å². The van der Waals surface area contributed by atoms with Gasteiger partial charge in [0, 0.05) is 16.0 Å². The molecule has 2 N–H and O–H groups in total. The lowest BCUT2D eigenvalue weighted by molar-refractivity contribution is -0.138. The van der Waals surface area contributed by atoms with Gasteiger partial charge in [0.1, 0.15) is 5.75 Å². The first-order valence-corrected chi connectivity index (χ1v) is 5.89. The van der Waals surface area contributed by atoms with E-state index in [1.807, 2.05) is 6.92 Å². The molecule has 0 spiro atoms. The molecule has 0 atom stereocenters. The fourth-order valence-corrected chi connectivity index (χ4v) is 2.16. The number of benzene rings is 1. The lowest BCUT2D eigenvalue weighted by Crippen LogP contribution is -2.22. The van der Waals surface area contributed by atoms with Crippen molar-refractivity contribution in [2.45, 2.75) is 39.0 Å². The zero-order valence-corrected chi connectivity index (χ0v) is 11.0. The summed E-state index contributed by atoms with van der Waals surface area (Å²) in [5.41, 5.74) is 0.681. The van der Waals surface area contributed by atoms with Crippen LogP contribution in [-0.2, 0) is 16.6 Å². The first-order chi connectivity index (χ1) is 7.77. The fourth-order valence-electron chi connectivity index (χ4n) is 1.91. The second-order valence-corrected chi connectivity index (χ2v) is 5.21. The monoisotopic (exact) mass is 256 g/mol. The lowest BCUT2D eigenvalue weighted by atomic mass is 9.80. The van der Waals surface area contributed by atoms with E-state index in [1.54, 1.807) is 26.0 Å². The molecule has 1 rings (SSSR count). The van der Waals surface area contributed by atoms with Gasteiger partial charge in [0.05, 0.1) is 6.42 Å². The van der Waals surface area contributed by atoms with Crippen molar-refractivity contribution >= 4 is 17.6 Å². The number of aromatic hydroxyl groups is 1. The molecule has 0 saturated carbocycles. The molecular formula is C13H17ClO3. The van der Waals surface area contributed by atoms with E-state index in [-0.39, 0.29) is 12.2 Å². The minimum absolute atomic E-state index is 0.0515. The Morgan fingerprint density at radius 2 is 2.00 bits per heavy atom. The maximum absolute atomic E-state index is 10.8. The highest BCUT2D eigenvalue weighted by molar-refractivity contribution is 6.30. The van der Waals surface area contributed by atoms with Gasteiger partial charge in [-0.05, 0) is 24.1 Å². The number of carboxylic acid groups (broad SMARTS) is 1. The third-order valence-corrected chi connectivity index (χ3v) is 3.08. The quantitative estimate of drug-likeness (QED) is 0.868. The van der Waals surface area contributed by atoms with Crippen molar-refractivity contribution in [3.8, 4) is 5.75 Å². The molecule has 1 aromatic rings. The number of phenolic OH excluding ortho intramolecular Hbond substituents is 1. The number of rotatable bonds is 4. The average molecular weight is 257 g/mol. The van der Waals surface area contributed by atoms with Gasteiger partial charge in [-0.2, -0.15) is 0 Å². The molecule has 1 aromatic carbocycles. The number of hydrogen-bond acceptors (Lipinski definition) is 2. The Labute approximate surface area is 106 Å². The third-order valence-electron chi connectivity index (χ3n) is 2.86. The predicted octanol–water partition coefficient (Wildman–Crippen LogP) is 3.36. The number of phenols is 1. The van der Waals surface area contributed by atoms with Crippen LogP contribution in [0.3, 0.4) is 0 Å². The van der Waals surface area contributed by atoms with Crippen LogP contribution in [0.1, 0.15) is 38.3 Å². The average Bonchev–Trinajstić information content (AvgIpc) is 2.18. The third kappa shape index (κ3) is 3.13. The second-order valence-electron chi connectivity index (χ2n) is 4.77. The number of carboxylic acids is 1. The summed E-state index contributed by atoms with van der Waals surface area (Å²) in [5.74, 6) is -0.740. The Morgan fingerprint density at radius 3 is 2.47 bits per heavy atom. The first-order valence-electron chi connectivity index (χ1n) is 5.51. The summed E-state index contributed by atoms with van der Waals surface area (Å²) in [6.45, 7) is 5.48. The van der Waals surface area contributed by atoms with Gasteiger partial charge in [-0.25, -0.2) is 0 Å². The summed E-state index contributed by atoms with van der Waals surface area (Å²) in [5, 5.41) is 19.5. The standard InChI is InChI=1S/C13H17ClO3/c1-4-8-5-9(14)6-10(12(8)17)13(2,3)7-11(15)16/h5-6,17H,4,7H2,1-3H3,(H,15,16). The largest absolute Gasteiger partial charge is 0.507 e. The molecule has 0 saturated heterocycles. The normalized spacial score (nSPS) is 11.5. The minimum atomic E-state index is -0.896. The SMILES string of the molecule is CCc1cc(Cl)cc(C(C)(C)CC(=O)O)c1O. The van der Waals surface area contributed by atoms with Crippen LogP contribution < -0.4 is 0 Å². The topological polar surface area (TPSA) is 57.5 Å². The van der Waals surface area contributed by atoms with Crippen LogP contribution in [0.5, 0.6) is 5.75 Å². The van der Waals surface area contributed by atoms with E-state index < -0.39 is 11.4 Å². The second kappa shape index (κ2) is 4.96. The van der Waals surface area contributed by atoms with Gasteiger partial charge >= 0.3 is 5.97 Å². The van der Waals surface area contributed by atoms with Gasteiger partial charge in [0.2, 0.25) is 0 Å². The van der Waals surface area contributed by atoms with Crippen LogP contribution in [0, 0.1) is 0 Å². The maximum Gasteiger partial charge on any atom is 0.304 e. The molecule has 0 fully saturated rings. The Morgan fingerprint density at radius 1 is 1.41 bits per heavy atom. The van der Waals surface area contributed by atoms with Crippen molar-refractivity contribution in [3.05, 3.63) is 28.3 Å². The zero-order valence-electron chi connectivity index (χ0n) is 10.2. The van der Waals surface area contributed by atoms with Crippen LogP contribution in [0.15, 0.2) is 12.1 Å². The maximum atomic E-state index is 10.8. The van der Waals surface area contributed by atoms with Gasteiger partial charge in [-0.3, -0.25) is 4.79 Å². The molecule has 0 radical (unpaired) electrons. The van der Waals surface area contributed by atoms with Crippen molar-refractivity contribution in [2.24, 2.45) is 0 Å². The Bertz CT molecular complexity index is 439. The zero-order chi connectivity index (χ0) is 13.2. The highest BCUT2D eigenvalue weighted by Gasteiger charge is 2.28. The molecule has 3 nitrogen and oxygen atoms in total. The highest BCUT2D eigenvalue weighted by Crippen LogP contribution is 2.38. The summed E-state index contributed by atoms with van der Waals surface area (Å²) in [7, 11) is 0. The van der Waals surface area contributed by atoms with Gasteiger partial charge in [0.25, 0.3) is 0 Å². The summed E-state index contributed by atoms with van der Waals surface area (Å²) in [6.07, 6.45) is 0.604. The van der Waals surface area contributed by atoms with E-state index >= 15 is 0 Å². The molecule has 17 heavy (non-hydrogen) atoms. The van der Waals surface area contributed by atoms with Crippen molar-refractivity contribution in [1.29, 1.82) is 0 Å². The predicted molar refractivity (Wildman–Crippen MR) is 67.8 cm³/mol. The van der Waals surface area contributed by atoms with Crippen LogP contribution in [0.25, 0.3) is 0 Å². The van der Waals surface area contributed by atoms with E-state index in [9.17, 15) is 9.90 Å². The summed E-state index contributed by atoms with van der Waals surface area (Å²) in [4.78, 5) is 10.8. The molecule has 0 aromatic heterocycles. The first kappa shape index (κ1) is 13.8. The van der Waals surface area contributed by atoms with E-state index in [1.165, 1.54) is 0 Å². The summed E-state index contributed by atoms with van der Waals surface area (Å²) in [6, 6.07) is 3.34. The van der Waals surface area contributed by atoms with Gasteiger partial charge in [0.15, 0.2) is 0 Å². The van der Waals surface area contributed by atoms with E-state index in [2.05, 4.69) is 0 Å². The van der Waals surface area contributed by atoms with Gasteiger partial charge in [-0.1, -0.05) is 32.4 Å². The molecule has 0 aliphatic carbocycles. The Balaban J connectivity index is 3.29. The van der Waals surface area contributed by atoms with E-state index in [0.717, 1.165) is 5.56 Å². The van der Waals surface area contributed by atoms with Crippen LogP contribution >= 0.6 is 11.6 Å². The molecule has 0 aliphatic heterocycles. The van der Waals surface area contributed by atoms with Crippen molar-refractivity contribution in [2.75, 3.05) is 0 Å². The Kier molecular flexibility index (Phi) is 4.04. The van der Waals surface area contributed by atoms with Gasteiger partial charge in [-0.15, -0.1) is 0 Å². The van der Waals surface area contributed by atoms with Crippen molar-refractivity contribution < 1.29 is 15.0 Å². The number of hydrogen-bond donors (Lipinski definition) is 2. The highest BCUT2D eigenvalue weighted by atomic mass is 35.5. The molecular weight excluding hydrogens is 240 g/mol. The van der Waals surface area contributed by atoms with E-state index in [4.69, 9.17) is 16.7 Å². The molecule has 0 heterocycles. The summed E-state index contributed by atoms with van der Waals surface area (Å²) >= 11 is 5.98.